The first kappa shape index (κ1) is 56.1. The highest BCUT2D eigenvalue weighted by Crippen LogP contribution is 2.23. The smallest absolute Gasteiger partial charge is 0.223 e. The van der Waals surface area contributed by atoms with Gasteiger partial charge in [0.15, 0.2) is 0 Å². The third-order valence-electron chi connectivity index (χ3n) is 8.34. The Hall–Kier alpha value is -0.920. The number of amides is 2. The molecule has 18 nitrogen and oxygen atoms in total. The first-order chi connectivity index (χ1) is 27.6. The summed E-state index contributed by atoms with van der Waals surface area (Å²) in [4.78, 5) is 32.5. The molecule has 0 heterocycles. The fraction of sp³-hybridized carbons (Fsp3) is 0.946. The van der Waals surface area contributed by atoms with E-state index in [4.69, 9.17) is 17.2 Å². The number of nitrogens with zero attached hydrogens (tertiary/aromatic N) is 3. The highest BCUT2D eigenvalue weighted by Gasteiger charge is 2.15. The summed E-state index contributed by atoms with van der Waals surface area (Å²) in [7, 11) is 7.41. The Balaban J connectivity index is 4.53. The minimum absolute atomic E-state index is 0.164. The Morgan fingerprint density at radius 3 is 1.09 bits per heavy atom. The summed E-state index contributed by atoms with van der Waals surface area (Å²) in [6.07, 6.45) is 0.958. The average molecular weight is 853 g/mol. The van der Waals surface area contributed by atoms with Gasteiger partial charge in [-0.1, -0.05) is 21.6 Å². The topological polar surface area (TPSA) is 242 Å². The van der Waals surface area contributed by atoms with Gasteiger partial charge >= 0.3 is 0 Å². The molecule has 0 aliphatic rings. The molecule has 0 aliphatic heterocycles. The summed E-state index contributed by atoms with van der Waals surface area (Å²) >= 11 is 0. The van der Waals surface area contributed by atoms with Gasteiger partial charge in [-0.05, 0) is 27.9 Å². The fourth-order valence-electron chi connectivity index (χ4n) is 5.25. The van der Waals surface area contributed by atoms with Gasteiger partial charge in [0, 0.05) is 200 Å². The lowest BCUT2D eigenvalue weighted by molar-refractivity contribution is -0.131. The SMILES string of the molecule is CN(C)CNCCN(CCNCCNCCNCCNCCN)C(=O)CCSSCCC(=O)N(CCNCCNCCNCCN)CCNCCNCC(C)(C)N. The zero-order valence-electron chi connectivity index (χ0n) is 36.4. The zero-order chi connectivity index (χ0) is 42.1. The molecule has 0 saturated carbocycles. The van der Waals surface area contributed by atoms with Gasteiger partial charge in [-0.3, -0.25) is 14.5 Å². The third kappa shape index (κ3) is 41.6. The molecule has 0 aromatic carbocycles. The second-order valence-electron chi connectivity index (χ2n) is 14.9. The van der Waals surface area contributed by atoms with Crippen LogP contribution < -0.4 is 70.4 Å². The van der Waals surface area contributed by atoms with E-state index in [-0.39, 0.29) is 17.4 Å². The van der Waals surface area contributed by atoms with Gasteiger partial charge in [-0.25, -0.2) is 0 Å². The van der Waals surface area contributed by atoms with Crippen LogP contribution in [0.3, 0.4) is 0 Å². The third-order valence-corrected chi connectivity index (χ3v) is 10.8. The number of hydrogen-bond acceptors (Lipinski definition) is 18. The van der Waals surface area contributed by atoms with Crippen molar-refractivity contribution in [3.63, 3.8) is 0 Å². The summed E-state index contributed by atoms with van der Waals surface area (Å²) in [5, 5.41) is 34.0. The van der Waals surface area contributed by atoms with Gasteiger partial charge in [-0.2, -0.15) is 0 Å². The largest absolute Gasteiger partial charge is 0.340 e. The number of carbonyl (C=O) groups excluding carboxylic acids is 2. The Morgan fingerprint density at radius 1 is 0.474 bits per heavy atom. The molecule has 0 radical (unpaired) electrons. The molecule has 0 unspecified atom stereocenters. The van der Waals surface area contributed by atoms with E-state index in [1.165, 1.54) is 0 Å². The molecular formula is C37H88N16O2S2. The van der Waals surface area contributed by atoms with Crippen LogP contribution in [0.2, 0.25) is 0 Å². The number of nitrogens with two attached hydrogens (primary N) is 3. The maximum atomic E-state index is 13.3. The number of rotatable bonds is 45. The lowest BCUT2D eigenvalue weighted by Crippen LogP contribution is -2.45. The summed E-state index contributed by atoms with van der Waals surface area (Å²) < 4.78 is 0. The molecule has 0 aliphatic carbocycles. The first-order valence-corrected chi connectivity index (χ1v) is 23.8. The predicted octanol–water partition coefficient (Wildman–Crippen LogP) is -4.13. The van der Waals surface area contributed by atoms with Crippen molar-refractivity contribution < 1.29 is 9.59 Å². The van der Waals surface area contributed by atoms with E-state index in [0.717, 1.165) is 137 Å². The molecule has 0 aromatic heterocycles. The van der Waals surface area contributed by atoms with E-state index in [0.29, 0.717) is 57.9 Å². The molecule has 0 bridgehead atoms. The molecule has 0 spiro atoms. The standard InChI is InChI=1S/C37H88N16O2S2/c1-37(2,40)33-49-22-21-48-25-28-52(27-23-46-19-17-44-14-12-42-10-8-39)35(54)5-31-56-57-32-6-36(55)53(30-26-50-34-51(3)4)29-24-47-20-18-45-16-15-43-13-11-41-9-7-38/h41-50H,5-34,38-40H2,1-4H3. The Bertz CT molecular complexity index is 895. The second kappa shape index (κ2) is 41.8. The highest BCUT2D eigenvalue weighted by molar-refractivity contribution is 8.76. The molecule has 0 rings (SSSR count). The Morgan fingerprint density at radius 2 is 0.772 bits per heavy atom. The second-order valence-corrected chi connectivity index (χ2v) is 17.6. The van der Waals surface area contributed by atoms with Gasteiger partial charge in [0.2, 0.25) is 11.8 Å². The molecule has 20 heteroatoms. The van der Waals surface area contributed by atoms with Crippen molar-refractivity contribution >= 4 is 33.4 Å². The maximum Gasteiger partial charge on any atom is 0.223 e. The predicted molar refractivity (Wildman–Crippen MR) is 246 cm³/mol. The number of hydrogen-bond donors (Lipinski definition) is 13. The molecule has 2 amide bonds. The van der Waals surface area contributed by atoms with Crippen LogP contribution in [0.1, 0.15) is 26.7 Å². The van der Waals surface area contributed by atoms with Crippen LogP contribution in [0.4, 0.5) is 0 Å². The van der Waals surface area contributed by atoms with Crippen LogP contribution in [0, 0.1) is 0 Å². The van der Waals surface area contributed by atoms with Crippen LogP contribution in [0.25, 0.3) is 0 Å². The molecular weight excluding hydrogens is 765 g/mol. The lowest BCUT2D eigenvalue weighted by atomic mass is 10.1. The van der Waals surface area contributed by atoms with E-state index in [2.05, 4.69) is 58.1 Å². The highest BCUT2D eigenvalue weighted by atomic mass is 33.1. The summed E-state index contributed by atoms with van der Waals surface area (Å²) in [5.74, 6) is 1.77. The van der Waals surface area contributed by atoms with Gasteiger partial charge in [0.25, 0.3) is 0 Å². The lowest BCUT2D eigenvalue weighted by Gasteiger charge is -2.24. The average Bonchev–Trinajstić information content (AvgIpc) is 3.17. The van der Waals surface area contributed by atoms with Crippen LogP contribution in [-0.4, -0.2) is 228 Å². The van der Waals surface area contributed by atoms with E-state index < -0.39 is 0 Å². The van der Waals surface area contributed by atoms with E-state index in [9.17, 15) is 9.59 Å². The van der Waals surface area contributed by atoms with E-state index in [1.54, 1.807) is 21.6 Å². The first-order valence-electron chi connectivity index (χ1n) is 21.3. The summed E-state index contributed by atoms with van der Waals surface area (Å²) in [5.41, 5.74) is 16.8. The molecule has 57 heavy (non-hydrogen) atoms. The number of nitrogens with one attached hydrogen (secondary N) is 10. The molecule has 16 N–H and O–H groups in total. The fourth-order valence-corrected chi connectivity index (χ4v) is 7.21. The van der Waals surface area contributed by atoms with Crippen LogP contribution in [0.15, 0.2) is 0 Å². The molecule has 0 saturated heterocycles. The van der Waals surface area contributed by atoms with Crippen molar-refractivity contribution in [2.75, 3.05) is 196 Å². The quantitative estimate of drug-likeness (QED) is 0.0158. The van der Waals surface area contributed by atoms with Gasteiger partial charge in [-0.15, -0.1) is 0 Å². The summed E-state index contributed by atoms with van der Waals surface area (Å²) in [6.45, 7) is 24.8. The van der Waals surface area contributed by atoms with Crippen LogP contribution >= 0.6 is 21.6 Å². The zero-order valence-corrected chi connectivity index (χ0v) is 38.1. The Labute approximate surface area is 355 Å². The van der Waals surface area contributed by atoms with E-state index in [1.807, 2.05) is 37.7 Å². The van der Waals surface area contributed by atoms with Crippen molar-refractivity contribution in [1.82, 2.24) is 67.9 Å². The monoisotopic (exact) mass is 853 g/mol. The van der Waals surface area contributed by atoms with E-state index >= 15 is 0 Å². The van der Waals surface area contributed by atoms with Crippen molar-refractivity contribution in [2.45, 2.75) is 32.2 Å². The Kier molecular flexibility index (Phi) is 41.1. The van der Waals surface area contributed by atoms with Gasteiger partial charge in [0.05, 0.1) is 0 Å². The van der Waals surface area contributed by atoms with Crippen LogP contribution in [0.5, 0.6) is 0 Å². The van der Waals surface area contributed by atoms with Gasteiger partial charge in [0.1, 0.15) is 0 Å². The normalized spacial score (nSPS) is 11.9. The minimum atomic E-state index is -0.236. The van der Waals surface area contributed by atoms with Crippen molar-refractivity contribution in [2.24, 2.45) is 17.2 Å². The molecule has 0 atom stereocenters. The van der Waals surface area contributed by atoms with Crippen molar-refractivity contribution in [1.29, 1.82) is 0 Å². The summed E-state index contributed by atoms with van der Waals surface area (Å²) in [6, 6.07) is 0. The maximum absolute atomic E-state index is 13.3. The van der Waals surface area contributed by atoms with Crippen molar-refractivity contribution in [3.8, 4) is 0 Å². The minimum Gasteiger partial charge on any atom is -0.340 e. The molecule has 0 fully saturated rings. The molecule has 340 valence electrons. The van der Waals surface area contributed by atoms with Crippen LogP contribution in [-0.2, 0) is 9.59 Å². The van der Waals surface area contributed by atoms with Gasteiger partial charge < -0.3 is 80.2 Å². The molecule has 0 aromatic rings. The van der Waals surface area contributed by atoms with Crippen molar-refractivity contribution in [3.05, 3.63) is 0 Å². The number of carbonyl (C=O) groups is 2.